The van der Waals surface area contributed by atoms with E-state index in [0.29, 0.717) is 12.5 Å². The van der Waals surface area contributed by atoms with E-state index in [2.05, 4.69) is 42.1 Å². The predicted octanol–water partition coefficient (Wildman–Crippen LogP) is 3.15. The largest absolute Gasteiger partial charge is 0.325 e. The van der Waals surface area contributed by atoms with Crippen LogP contribution in [0.4, 0.5) is 5.69 Å². The van der Waals surface area contributed by atoms with E-state index in [9.17, 15) is 4.79 Å². The molecule has 128 valence electrons. The van der Waals surface area contributed by atoms with Gasteiger partial charge in [0.1, 0.15) is 0 Å². The van der Waals surface area contributed by atoms with Crippen molar-refractivity contribution in [3.63, 3.8) is 0 Å². The second-order valence-corrected chi connectivity index (χ2v) is 7.51. The highest BCUT2D eigenvalue weighted by Crippen LogP contribution is 2.26. The Morgan fingerprint density at radius 3 is 2.65 bits per heavy atom. The fourth-order valence-corrected chi connectivity index (χ4v) is 3.61. The molecule has 0 bridgehead atoms. The summed E-state index contributed by atoms with van der Waals surface area (Å²) in [4.78, 5) is 18.3. The Kier molecular flexibility index (Phi) is 7.40. The molecule has 1 aliphatic heterocycles. The number of anilines is 1. The number of carbonyl (C=O) groups is 1. The minimum absolute atomic E-state index is 0.120. The summed E-state index contributed by atoms with van der Waals surface area (Å²) < 4.78 is 0. The molecule has 1 amide bonds. The predicted molar refractivity (Wildman–Crippen MR) is 99.2 cm³/mol. The van der Waals surface area contributed by atoms with Crippen LogP contribution in [-0.2, 0) is 4.79 Å². The van der Waals surface area contributed by atoms with Crippen molar-refractivity contribution < 1.29 is 4.79 Å². The lowest BCUT2D eigenvalue weighted by molar-refractivity contribution is -0.116. The van der Waals surface area contributed by atoms with E-state index in [1.54, 1.807) is 11.8 Å². The maximum absolute atomic E-state index is 12.3. The molecule has 0 aliphatic carbocycles. The highest BCUT2D eigenvalue weighted by molar-refractivity contribution is 7.99. The maximum atomic E-state index is 12.3. The van der Waals surface area contributed by atoms with Gasteiger partial charge in [0.2, 0.25) is 5.91 Å². The molecular formula is C18H29N3OS. The Morgan fingerprint density at radius 1 is 1.26 bits per heavy atom. The van der Waals surface area contributed by atoms with Crippen molar-refractivity contribution in [2.45, 2.75) is 37.6 Å². The zero-order valence-electron chi connectivity index (χ0n) is 14.5. The SMILES string of the molecule is CCSc1ccccc1NC(=O)CCC(C)N1CCN(C)CC1. The Labute approximate surface area is 144 Å². The third-order valence-corrected chi connectivity index (χ3v) is 5.37. The first-order valence-electron chi connectivity index (χ1n) is 8.54. The molecule has 1 atom stereocenters. The Morgan fingerprint density at radius 2 is 1.96 bits per heavy atom. The van der Waals surface area contributed by atoms with Gasteiger partial charge in [-0.3, -0.25) is 9.69 Å². The van der Waals surface area contributed by atoms with Gasteiger partial charge in [0.05, 0.1) is 5.69 Å². The van der Waals surface area contributed by atoms with Gasteiger partial charge < -0.3 is 10.2 Å². The average molecular weight is 336 g/mol. The van der Waals surface area contributed by atoms with E-state index in [0.717, 1.165) is 48.9 Å². The summed E-state index contributed by atoms with van der Waals surface area (Å²) in [5, 5.41) is 3.07. The van der Waals surface area contributed by atoms with Gasteiger partial charge in [-0.15, -0.1) is 11.8 Å². The van der Waals surface area contributed by atoms with Gasteiger partial charge in [-0.1, -0.05) is 19.1 Å². The number of para-hydroxylation sites is 1. The maximum Gasteiger partial charge on any atom is 0.224 e. The highest BCUT2D eigenvalue weighted by atomic mass is 32.2. The fraction of sp³-hybridized carbons (Fsp3) is 0.611. The molecule has 0 radical (unpaired) electrons. The molecule has 2 rings (SSSR count). The van der Waals surface area contributed by atoms with Gasteiger partial charge in [-0.2, -0.15) is 0 Å². The van der Waals surface area contributed by atoms with Crippen molar-refractivity contribution >= 4 is 23.4 Å². The smallest absolute Gasteiger partial charge is 0.224 e. The molecule has 0 spiro atoms. The number of benzene rings is 1. The zero-order chi connectivity index (χ0) is 16.7. The molecule has 0 aromatic heterocycles. The molecule has 1 aromatic rings. The lowest BCUT2D eigenvalue weighted by Crippen LogP contribution is -2.48. The van der Waals surface area contributed by atoms with E-state index in [1.807, 2.05) is 18.2 Å². The third kappa shape index (κ3) is 5.83. The van der Waals surface area contributed by atoms with Crippen molar-refractivity contribution in [1.82, 2.24) is 9.80 Å². The van der Waals surface area contributed by atoms with E-state index in [1.165, 1.54) is 0 Å². The van der Waals surface area contributed by atoms with Crippen LogP contribution in [0.1, 0.15) is 26.7 Å². The zero-order valence-corrected chi connectivity index (χ0v) is 15.4. The Hall–Kier alpha value is -1.04. The molecule has 5 heteroatoms. The minimum atomic E-state index is 0.120. The first-order valence-corrected chi connectivity index (χ1v) is 9.53. The van der Waals surface area contributed by atoms with Crippen molar-refractivity contribution in [3.05, 3.63) is 24.3 Å². The summed E-state index contributed by atoms with van der Waals surface area (Å²) in [6.45, 7) is 8.82. The lowest BCUT2D eigenvalue weighted by Gasteiger charge is -2.36. The Bertz CT molecular complexity index is 501. The molecular weight excluding hydrogens is 306 g/mol. The summed E-state index contributed by atoms with van der Waals surface area (Å²) in [5.74, 6) is 1.13. The third-order valence-electron chi connectivity index (χ3n) is 4.41. The number of hydrogen-bond acceptors (Lipinski definition) is 4. The molecule has 1 aliphatic rings. The summed E-state index contributed by atoms with van der Waals surface area (Å²) >= 11 is 1.76. The molecule has 1 aromatic carbocycles. The van der Waals surface area contributed by atoms with Crippen LogP contribution in [-0.4, -0.2) is 60.7 Å². The number of rotatable bonds is 7. The van der Waals surface area contributed by atoms with Gasteiger partial charge in [-0.05, 0) is 38.3 Å². The van der Waals surface area contributed by atoms with Crippen LogP contribution < -0.4 is 5.32 Å². The van der Waals surface area contributed by atoms with Gasteiger partial charge in [0.25, 0.3) is 0 Å². The van der Waals surface area contributed by atoms with Gasteiger partial charge >= 0.3 is 0 Å². The van der Waals surface area contributed by atoms with Crippen LogP contribution in [0.25, 0.3) is 0 Å². The van der Waals surface area contributed by atoms with E-state index < -0.39 is 0 Å². The van der Waals surface area contributed by atoms with Crippen molar-refractivity contribution in [2.75, 3.05) is 44.3 Å². The van der Waals surface area contributed by atoms with Crippen LogP contribution in [0.3, 0.4) is 0 Å². The van der Waals surface area contributed by atoms with Crippen molar-refractivity contribution in [1.29, 1.82) is 0 Å². The average Bonchev–Trinajstić information content (AvgIpc) is 2.55. The van der Waals surface area contributed by atoms with Crippen LogP contribution >= 0.6 is 11.8 Å². The van der Waals surface area contributed by atoms with E-state index in [4.69, 9.17) is 0 Å². The highest BCUT2D eigenvalue weighted by Gasteiger charge is 2.19. The van der Waals surface area contributed by atoms with Crippen LogP contribution in [0, 0.1) is 0 Å². The number of piperazine rings is 1. The molecule has 1 saturated heterocycles. The normalized spacial score (nSPS) is 17.9. The first-order chi connectivity index (χ1) is 11.1. The van der Waals surface area contributed by atoms with Gasteiger partial charge in [0, 0.05) is 43.5 Å². The van der Waals surface area contributed by atoms with Gasteiger partial charge in [-0.25, -0.2) is 0 Å². The summed E-state index contributed by atoms with van der Waals surface area (Å²) in [5.41, 5.74) is 0.941. The number of thioether (sulfide) groups is 1. The number of nitrogens with one attached hydrogen (secondary N) is 1. The number of likely N-dealkylation sites (N-methyl/N-ethyl adjacent to an activating group) is 1. The molecule has 4 nitrogen and oxygen atoms in total. The van der Waals surface area contributed by atoms with E-state index >= 15 is 0 Å². The molecule has 1 fully saturated rings. The second-order valence-electron chi connectivity index (χ2n) is 6.20. The molecule has 0 saturated carbocycles. The number of hydrogen-bond donors (Lipinski definition) is 1. The standard InChI is InChI=1S/C18H29N3OS/c1-4-23-17-8-6-5-7-16(17)19-18(22)10-9-15(2)21-13-11-20(3)12-14-21/h5-8,15H,4,9-14H2,1-3H3,(H,19,22). The number of nitrogens with zero attached hydrogens (tertiary/aromatic N) is 2. The van der Waals surface area contributed by atoms with Crippen LogP contribution in [0.5, 0.6) is 0 Å². The van der Waals surface area contributed by atoms with Crippen molar-refractivity contribution in [3.8, 4) is 0 Å². The summed E-state index contributed by atoms with van der Waals surface area (Å²) in [7, 11) is 2.17. The quantitative estimate of drug-likeness (QED) is 0.777. The lowest BCUT2D eigenvalue weighted by atomic mass is 10.1. The van der Waals surface area contributed by atoms with Crippen LogP contribution in [0.2, 0.25) is 0 Å². The van der Waals surface area contributed by atoms with Crippen molar-refractivity contribution in [2.24, 2.45) is 0 Å². The molecule has 1 N–H and O–H groups in total. The first kappa shape index (κ1) is 18.3. The van der Waals surface area contributed by atoms with Crippen LogP contribution in [0.15, 0.2) is 29.2 Å². The molecule has 1 unspecified atom stereocenters. The molecule has 1 heterocycles. The molecule has 23 heavy (non-hydrogen) atoms. The van der Waals surface area contributed by atoms with E-state index in [-0.39, 0.29) is 5.91 Å². The minimum Gasteiger partial charge on any atom is -0.325 e. The van der Waals surface area contributed by atoms with Gasteiger partial charge in [0.15, 0.2) is 0 Å². The topological polar surface area (TPSA) is 35.6 Å². The Balaban J connectivity index is 1.79. The monoisotopic (exact) mass is 335 g/mol. The summed E-state index contributed by atoms with van der Waals surface area (Å²) in [6.07, 6.45) is 1.50. The fourth-order valence-electron chi connectivity index (χ4n) is 2.85. The second kappa shape index (κ2) is 9.30. The number of carbonyl (C=O) groups excluding carboxylic acids is 1. The number of amides is 1. The summed E-state index contributed by atoms with van der Waals surface area (Å²) in [6, 6.07) is 8.51.